The molecule has 0 saturated carbocycles. The molecule has 0 unspecified atom stereocenters. The van der Waals surface area contributed by atoms with Gasteiger partial charge in [0, 0.05) is 24.3 Å². The van der Waals surface area contributed by atoms with Crippen molar-refractivity contribution in [3.05, 3.63) is 127 Å². The van der Waals surface area contributed by atoms with Gasteiger partial charge in [0.1, 0.15) is 17.3 Å². The topological polar surface area (TPSA) is 46.5 Å². The summed E-state index contributed by atoms with van der Waals surface area (Å²) in [7, 11) is 3.94. The number of hydrogen-bond acceptors (Lipinski definition) is 3. The SMILES string of the molecule is CN(C)CCNC(=O)c1cccc(-c2ccc(-c3ccc(Oc4ccccc4)cc3)n2-c2ccc(F)cc2)c1.Cl. The Kier molecular flexibility index (Phi) is 9.38. The third-order valence-electron chi connectivity index (χ3n) is 6.36. The quantitative estimate of drug-likeness (QED) is 0.205. The molecule has 0 bridgehead atoms. The Morgan fingerprint density at radius 1 is 0.775 bits per heavy atom. The Morgan fingerprint density at radius 3 is 2.10 bits per heavy atom. The predicted molar refractivity (Wildman–Crippen MR) is 161 cm³/mol. The molecule has 0 aliphatic heterocycles. The lowest BCUT2D eigenvalue weighted by Crippen LogP contribution is -2.31. The van der Waals surface area contributed by atoms with Crippen LogP contribution in [0.2, 0.25) is 0 Å². The number of rotatable bonds is 9. The first-order chi connectivity index (χ1) is 19.0. The minimum Gasteiger partial charge on any atom is -0.457 e. The molecule has 1 N–H and O–H groups in total. The number of amides is 1. The van der Waals surface area contributed by atoms with Gasteiger partial charge in [0.25, 0.3) is 5.91 Å². The predicted octanol–water partition coefficient (Wildman–Crippen LogP) is 7.46. The van der Waals surface area contributed by atoms with Crippen molar-refractivity contribution in [1.82, 2.24) is 14.8 Å². The zero-order valence-corrected chi connectivity index (χ0v) is 23.2. The van der Waals surface area contributed by atoms with E-state index in [1.807, 2.05) is 110 Å². The highest BCUT2D eigenvalue weighted by Crippen LogP contribution is 2.34. The van der Waals surface area contributed by atoms with Gasteiger partial charge in [-0.15, -0.1) is 12.4 Å². The van der Waals surface area contributed by atoms with Gasteiger partial charge >= 0.3 is 0 Å². The Bertz CT molecular complexity index is 1550. The molecular formula is C33H31ClFN3O2. The van der Waals surface area contributed by atoms with Crippen molar-refractivity contribution in [2.24, 2.45) is 0 Å². The molecule has 0 aliphatic rings. The van der Waals surface area contributed by atoms with Crippen LogP contribution in [0.5, 0.6) is 11.5 Å². The van der Waals surface area contributed by atoms with E-state index < -0.39 is 0 Å². The molecule has 0 radical (unpaired) electrons. The molecule has 0 atom stereocenters. The summed E-state index contributed by atoms with van der Waals surface area (Å²) in [6, 6.07) is 35.6. The summed E-state index contributed by atoms with van der Waals surface area (Å²) >= 11 is 0. The van der Waals surface area contributed by atoms with Crippen molar-refractivity contribution in [2.45, 2.75) is 0 Å². The van der Waals surface area contributed by atoms with E-state index in [0.717, 1.165) is 46.2 Å². The molecule has 4 aromatic carbocycles. The number of carbonyl (C=O) groups is 1. The molecular weight excluding hydrogens is 525 g/mol. The standard InChI is InChI=1S/C33H30FN3O2.ClH/c1-36(2)22-21-35-33(38)26-8-6-7-25(23-26)32-20-19-31(37(32)28-15-13-27(34)14-16-28)24-11-17-30(18-12-24)39-29-9-4-3-5-10-29;/h3-20,23H,21-22H2,1-2H3,(H,35,38);1H. The van der Waals surface area contributed by atoms with Gasteiger partial charge in [0.05, 0.1) is 11.4 Å². The first-order valence-corrected chi connectivity index (χ1v) is 12.8. The van der Waals surface area contributed by atoms with Crippen molar-refractivity contribution in [3.63, 3.8) is 0 Å². The minimum atomic E-state index is -0.298. The van der Waals surface area contributed by atoms with E-state index in [9.17, 15) is 9.18 Å². The Labute approximate surface area is 240 Å². The molecule has 5 aromatic rings. The van der Waals surface area contributed by atoms with Crippen molar-refractivity contribution in [1.29, 1.82) is 0 Å². The fourth-order valence-electron chi connectivity index (χ4n) is 4.39. The van der Waals surface area contributed by atoms with Gasteiger partial charge in [-0.2, -0.15) is 0 Å². The summed E-state index contributed by atoms with van der Waals surface area (Å²) in [5.74, 6) is 1.09. The summed E-state index contributed by atoms with van der Waals surface area (Å²) in [4.78, 5) is 14.8. The average molecular weight is 556 g/mol. The number of likely N-dealkylation sites (N-methyl/N-ethyl adjacent to an activating group) is 1. The van der Waals surface area contributed by atoms with Crippen LogP contribution in [-0.2, 0) is 0 Å². The van der Waals surface area contributed by atoms with Crippen LogP contribution in [0.1, 0.15) is 10.4 Å². The highest BCUT2D eigenvalue weighted by molar-refractivity contribution is 5.95. The number of benzene rings is 4. The monoisotopic (exact) mass is 555 g/mol. The van der Waals surface area contributed by atoms with Crippen molar-refractivity contribution < 1.29 is 13.9 Å². The van der Waals surface area contributed by atoms with E-state index in [1.165, 1.54) is 12.1 Å². The maximum atomic E-state index is 13.8. The fourth-order valence-corrected chi connectivity index (χ4v) is 4.39. The van der Waals surface area contributed by atoms with Crippen LogP contribution in [0.25, 0.3) is 28.2 Å². The average Bonchev–Trinajstić information content (AvgIpc) is 3.39. The third kappa shape index (κ3) is 6.78. The molecule has 5 rings (SSSR count). The number of hydrogen-bond donors (Lipinski definition) is 1. The van der Waals surface area contributed by atoms with Crippen LogP contribution in [0.4, 0.5) is 4.39 Å². The van der Waals surface area contributed by atoms with Gasteiger partial charge in [0.15, 0.2) is 0 Å². The zero-order valence-electron chi connectivity index (χ0n) is 22.4. The van der Waals surface area contributed by atoms with E-state index in [4.69, 9.17) is 4.74 Å². The second-order valence-corrected chi connectivity index (χ2v) is 9.50. The first-order valence-electron chi connectivity index (χ1n) is 12.8. The third-order valence-corrected chi connectivity index (χ3v) is 6.36. The molecule has 7 heteroatoms. The molecule has 0 saturated heterocycles. The normalized spacial score (nSPS) is 10.7. The van der Waals surface area contributed by atoms with Crippen LogP contribution < -0.4 is 10.1 Å². The molecule has 1 aromatic heterocycles. The highest BCUT2D eigenvalue weighted by atomic mass is 35.5. The van der Waals surface area contributed by atoms with Crippen molar-refractivity contribution >= 4 is 18.3 Å². The molecule has 0 fully saturated rings. The molecule has 204 valence electrons. The maximum Gasteiger partial charge on any atom is 0.251 e. The maximum absolute atomic E-state index is 13.8. The van der Waals surface area contributed by atoms with Crippen molar-refractivity contribution in [3.8, 4) is 39.7 Å². The second-order valence-electron chi connectivity index (χ2n) is 9.50. The van der Waals surface area contributed by atoms with Gasteiger partial charge in [0.2, 0.25) is 0 Å². The van der Waals surface area contributed by atoms with E-state index in [0.29, 0.717) is 12.1 Å². The summed E-state index contributed by atoms with van der Waals surface area (Å²) in [5.41, 5.74) is 5.09. The van der Waals surface area contributed by atoms with E-state index in [1.54, 1.807) is 12.1 Å². The van der Waals surface area contributed by atoms with Crippen LogP contribution in [-0.4, -0.2) is 42.6 Å². The van der Waals surface area contributed by atoms with Crippen LogP contribution in [0.15, 0.2) is 115 Å². The number of carbonyl (C=O) groups excluding carboxylic acids is 1. The lowest BCUT2D eigenvalue weighted by molar-refractivity contribution is 0.0951. The second kappa shape index (κ2) is 13.1. The lowest BCUT2D eigenvalue weighted by Gasteiger charge is -2.16. The number of para-hydroxylation sites is 1. The molecule has 40 heavy (non-hydrogen) atoms. The summed E-state index contributed by atoms with van der Waals surface area (Å²) in [5, 5.41) is 2.97. The molecule has 0 spiro atoms. The first kappa shape index (κ1) is 28.6. The number of ether oxygens (including phenoxy) is 1. The lowest BCUT2D eigenvalue weighted by atomic mass is 10.1. The highest BCUT2D eigenvalue weighted by Gasteiger charge is 2.16. The van der Waals surface area contributed by atoms with E-state index in [-0.39, 0.29) is 24.1 Å². The van der Waals surface area contributed by atoms with Gasteiger partial charge < -0.3 is 19.5 Å². The smallest absolute Gasteiger partial charge is 0.251 e. The zero-order chi connectivity index (χ0) is 27.2. The van der Waals surface area contributed by atoms with Crippen LogP contribution in [0, 0.1) is 5.82 Å². The number of halogens is 2. The Hall–Kier alpha value is -4.39. The van der Waals surface area contributed by atoms with Gasteiger partial charge in [-0.1, -0.05) is 30.3 Å². The summed E-state index contributed by atoms with van der Waals surface area (Å²) in [6.07, 6.45) is 0. The Balaban J connectivity index is 0.00000370. The molecule has 5 nitrogen and oxygen atoms in total. The van der Waals surface area contributed by atoms with Gasteiger partial charge in [-0.25, -0.2) is 4.39 Å². The minimum absolute atomic E-state index is 0. The van der Waals surface area contributed by atoms with E-state index in [2.05, 4.69) is 9.88 Å². The molecule has 1 heterocycles. The largest absolute Gasteiger partial charge is 0.457 e. The number of nitrogens with zero attached hydrogens (tertiary/aromatic N) is 2. The molecule has 0 aliphatic carbocycles. The fraction of sp³-hybridized carbons (Fsp3) is 0.121. The summed E-state index contributed by atoms with van der Waals surface area (Å²) < 4.78 is 21.9. The van der Waals surface area contributed by atoms with E-state index >= 15 is 0 Å². The van der Waals surface area contributed by atoms with Crippen LogP contribution in [0.3, 0.4) is 0 Å². The summed E-state index contributed by atoms with van der Waals surface area (Å²) in [6.45, 7) is 1.33. The molecule has 1 amide bonds. The van der Waals surface area contributed by atoms with Gasteiger partial charge in [-0.05, 0) is 110 Å². The Morgan fingerprint density at radius 2 is 1.43 bits per heavy atom. The van der Waals surface area contributed by atoms with Gasteiger partial charge in [-0.3, -0.25) is 4.79 Å². The van der Waals surface area contributed by atoms with Crippen LogP contribution >= 0.6 is 12.4 Å². The number of nitrogens with one attached hydrogen (secondary N) is 1. The van der Waals surface area contributed by atoms with Crippen molar-refractivity contribution in [2.75, 3.05) is 27.2 Å². The number of aromatic nitrogens is 1.